The molecule has 2 heterocycles. The van der Waals surface area contributed by atoms with Crippen LogP contribution in [0.15, 0.2) is 41.7 Å². The predicted octanol–water partition coefficient (Wildman–Crippen LogP) is 3.92. The van der Waals surface area contributed by atoms with Crippen molar-refractivity contribution in [3.63, 3.8) is 0 Å². The van der Waals surface area contributed by atoms with E-state index in [0.717, 1.165) is 28.8 Å². The van der Waals surface area contributed by atoms with E-state index in [4.69, 9.17) is 11.6 Å². The molecule has 27 heavy (non-hydrogen) atoms. The Morgan fingerprint density at radius 1 is 1.30 bits per heavy atom. The molecule has 2 aromatic heterocycles. The summed E-state index contributed by atoms with van der Waals surface area (Å²) in [5, 5.41) is 12.8. The zero-order valence-corrected chi connectivity index (χ0v) is 17.1. The van der Waals surface area contributed by atoms with Crippen molar-refractivity contribution >= 4 is 35.0 Å². The maximum absolute atomic E-state index is 12.3. The Morgan fingerprint density at radius 2 is 2.11 bits per heavy atom. The monoisotopic (exact) mass is 403 g/mol. The Labute approximate surface area is 167 Å². The molecule has 3 aromatic rings. The summed E-state index contributed by atoms with van der Waals surface area (Å²) in [7, 11) is 2.01. The summed E-state index contributed by atoms with van der Waals surface area (Å²) < 4.78 is 4.12. The van der Waals surface area contributed by atoms with Gasteiger partial charge in [0.05, 0.1) is 5.75 Å². The number of rotatable bonds is 7. The summed E-state index contributed by atoms with van der Waals surface area (Å²) in [5.41, 5.74) is 2.87. The van der Waals surface area contributed by atoms with Gasteiger partial charge in [-0.3, -0.25) is 4.79 Å². The highest BCUT2D eigenvalue weighted by Crippen LogP contribution is 2.22. The van der Waals surface area contributed by atoms with Crippen molar-refractivity contribution in [3.8, 4) is 0 Å². The molecule has 6 nitrogen and oxygen atoms in total. The first kappa shape index (κ1) is 19.5. The number of halogens is 1. The lowest BCUT2D eigenvalue weighted by Gasteiger charge is -2.10. The number of thioether (sulfide) groups is 1. The maximum atomic E-state index is 12.3. The van der Waals surface area contributed by atoms with E-state index in [9.17, 15) is 4.79 Å². The van der Waals surface area contributed by atoms with Crippen molar-refractivity contribution in [1.82, 2.24) is 19.3 Å². The Kier molecular flexibility index (Phi) is 6.23. The van der Waals surface area contributed by atoms with Gasteiger partial charge in [-0.25, -0.2) is 0 Å². The van der Waals surface area contributed by atoms with E-state index in [1.807, 2.05) is 32.3 Å². The average Bonchev–Trinajstić information content (AvgIpc) is 3.22. The van der Waals surface area contributed by atoms with Gasteiger partial charge in [0.2, 0.25) is 5.91 Å². The highest BCUT2D eigenvalue weighted by atomic mass is 35.5. The quantitative estimate of drug-likeness (QED) is 0.607. The Balaban J connectivity index is 1.64. The standard InChI is InChI=1S/C19H22ClN5OS/c1-4-25-17(11-15-6-5-9-24(15)3)22-23-19(25)27-12-18(26)21-16-10-14(20)8-7-13(16)2/h5-10H,4,11-12H2,1-3H3,(H,21,26). The van der Waals surface area contributed by atoms with E-state index in [0.29, 0.717) is 11.4 Å². The SMILES string of the molecule is CCn1c(Cc2cccn2C)nnc1SCC(=O)Nc1cc(Cl)ccc1C. The van der Waals surface area contributed by atoms with Crippen LogP contribution < -0.4 is 5.32 Å². The fraction of sp³-hybridized carbons (Fsp3) is 0.316. The van der Waals surface area contributed by atoms with Crippen LogP contribution in [0.1, 0.15) is 24.0 Å². The molecule has 1 amide bonds. The first-order chi connectivity index (χ1) is 13.0. The molecule has 0 fully saturated rings. The maximum Gasteiger partial charge on any atom is 0.234 e. The van der Waals surface area contributed by atoms with Crippen LogP contribution in [0.4, 0.5) is 5.69 Å². The fourth-order valence-electron chi connectivity index (χ4n) is 2.76. The average molecular weight is 404 g/mol. The van der Waals surface area contributed by atoms with E-state index in [1.54, 1.807) is 12.1 Å². The number of amides is 1. The third kappa shape index (κ3) is 4.73. The van der Waals surface area contributed by atoms with Gasteiger partial charge in [0, 0.05) is 42.6 Å². The van der Waals surface area contributed by atoms with Gasteiger partial charge in [-0.15, -0.1) is 10.2 Å². The van der Waals surface area contributed by atoms with E-state index in [1.165, 1.54) is 17.5 Å². The molecule has 0 atom stereocenters. The molecule has 3 rings (SSSR count). The van der Waals surface area contributed by atoms with Gasteiger partial charge in [-0.1, -0.05) is 29.4 Å². The molecule has 0 spiro atoms. The fourth-order valence-corrected chi connectivity index (χ4v) is 3.75. The number of carbonyl (C=O) groups is 1. The Morgan fingerprint density at radius 3 is 2.81 bits per heavy atom. The van der Waals surface area contributed by atoms with Crippen LogP contribution in [-0.4, -0.2) is 31.0 Å². The summed E-state index contributed by atoms with van der Waals surface area (Å²) in [6, 6.07) is 9.53. The van der Waals surface area contributed by atoms with Crippen LogP contribution in [0.25, 0.3) is 0 Å². The molecule has 0 saturated carbocycles. The number of nitrogens with one attached hydrogen (secondary N) is 1. The smallest absolute Gasteiger partial charge is 0.234 e. The summed E-state index contributed by atoms with van der Waals surface area (Å²) in [6.07, 6.45) is 2.72. The summed E-state index contributed by atoms with van der Waals surface area (Å²) in [4.78, 5) is 12.3. The highest BCUT2D eigenvalue weighted by molar-refractivity contribution is 7.99. The molecule has 0 bridgehead atoms. The summed E-state index contributed by atoms with van der Waals surface area (Å²) >= 11 is 7.39. The normalized spacial score (nSPS) is 11.0. The number of benzene rings is 1. The second-order valence-electron chi connectivity index (χ2n) is 6.23. The Hall–Kier alpha value is -2.25. The van der Waals surface area contributed by atoms with E-state index in [2.05, 4.69) is 37.6 Å². The molecule has 0 aliphatic carbocycles. The number of carbonyl (C=O) groups excluding carboxylic acids is 1. The number of aryl methyl sites for hydroxylation is 2. The second-order valence-corrected chi connectivity index (χ2v) is 7.61. The van der Waals surface area contributed by atoms with Crippen LogP contribution in [0.5, 0.6) is 0 Å². The third-order valence-electron chi connectivity index (χ3n) is 4.31. The lowest BCUT2D eigenvalue weighted by atomic mass is 10.2. The zero-order valence-electron chi connectivity index (χ0n) is 15.6. The van der Waals surface area contributed by atoms with Gasteiger partial charge >= 0.3 is 0 Å². The van der Waals surface area contributed by atoms with E-state index < -0.39 is 0 Å². The van der Waals surface area contributed by atoms with Crippen LogP contribution in [-0.2, 0) is 24.8 Å². The molecule has 1 aromatic carbocycles. The topological polar surface area (TPSA) is 64.7 Å². The minimum Gasteiger partial charge on any atom is -0.354 e. The van der Waals surface area contributed by atoms with Crippen molar-refractivity contribution in [2.45, 2.75) is 32.0 Å². The van der Waals surface area contributed by atoms with Crippen molar-refractivity contribution in [2.24, 2.45) is 7.05 Å². The van der Waals surface area contributed by atoms with Crippen LogP contribution >= 0.6 is 23.4 Å². The van der Waals surface area contributed by atoms with Gasteiger partial charge in [-0.2, -0.15) is 0 Å². The number of aromatic nitrogens is 4. The number of hydrogen-bond acceptors (Lipinski definition) is 4. The lowest BCUT2D eigenvalue weighted by Crippen LogP contribution is -2.15. The third-order valence-corrected chi connectivity index (χ3v) is 5.51. The summed E-state index contributed by atoms with van der Waals surface area (Å²) in [5.74, 6) is 1.06. The predicted molar refractivity (Wildman–Crippen MR) is 109 cm³/mol. The number of hydrogen-bond donors (Lipinski definition) is 1. The van der Waals surface area contributed by atoms with Crippen LogP contribution in [0.2, 0.25) is 5.02 Å². The van der Waals surface area contributed by atoms with Crippen LogP contribution in [0, 0.1) is 6.92 Å². The molecule has 142 valence electrons. The van der Waals surface area contributed by atoms with E-state index >= 15 is 0 Å². The molecule has 1 N–H and O–H groups in total. The lowest BCUT2D eigenvalue weighted by molar-refractivity contribution is -0.113. The minimum atomic E-state index is -0.0972. The molecule has 0 aliphatic heterocycles. The first-order valence-electron chi connectivity index (χ1n) is 8.69. The largest absolute Gasteiger partial charge is 0.354 e. The molecule has 8 heteroatoms. The summed E-state index contributed by atoms with van der Waals surface area (Å²) in [6.45, 7) is 4.74. The zero-order chi connectivity index (χ0) is 19.4. The molecular weight excluding hydrogens is 382 g/mol. The van der Waals surface area contributed by atoms with Gasteiger partial charge in [0.1, 0.15) is 5.82 Å². The van der Waals surface area contributed by atoms with Crippen molar-refractivity contribution < 1.29 is 4.79 Å². The molecule has 0 saturated heterocycles. The number of nitrogens with zero attached hydrogens (tertiary/aromatic N) is 4. The van der Waals surface area contributed by atoms with Crippen molar-refractivity contribution in [3.05, 3.63) is 58.6 Å². The van der Waals surface area contributed by atoms with Crippen molar-refractivity contribution in [2.75, 3.05) is 11.1 Å². The first-order valence-corrected chi connectivity index (χ1v) is 10.1. The molecular formula is C19H22ClN5OS. The van der Waals surface area contributed by atoms with Gasteiger partial charge in [0.25, 0.3) is 0 Å². The van der Waals surface area contributed by atoms with Gasteiger partial charge in [0.15, 0.2) is 5.16 Å². The second kappa shape index (κ2) is 8.63. The molecule has 0 unspecified atom stereocenters. The minimum absolute atomic E-state index is 0.0972. The molecule has 0 radical (unpaired) electrons. The van der Waals surface area contributed by atoms with Crippen LogP contribution in [0.3, 0.4) is 0 Å². The van der Waals surface area contributed by atoms with Crippen molar-refractivity contribution in [1.29, 1.82) is 0 Å². The molecule has 0 aliphatic rings. The number of anilines is 1. The van der Waals surface area contributed by atoms with E-state index in [-0.39, 0.29) is 11.7 Å². The highest BCUT2D eigenvalue weighted by Gasteiger charge is 2.15. The van der Waals surface area contributed by atoms with Gasteiger partial charge < -0.3 is 14.5 Å². The van der Waals surface area contributed by atoms with Gasteiger partial charge in [-0.05, 0) is 43.7 Å². The Bertz CT molecular complexity index is 949.